The fourth-order valence-corrected chi connectivity index (χ4v) is 4.21. The van der Waals surface area contributed by atoms with Gasteiger partial charge >= 0.3 is 6.03 Å². The normalized spacial score (nSPS) is 18.2. The molecule has 1 unspecified atom stereocenters. The number of carbonyl (C=O) groups is 1. The summed E-state index contributed by atoms with van der Waals surface area (Å²) in [6.07, 6.45) is 0. The molecule has 0 fully saturated rings. The number of amides is 2. The first kappa shape index (κ1) is 21.6. The van der Waals surface area contributed by atoms with Crippen LogP contribution in [0.15, 0.2) is 71.8 Å². The van der Waals surface area contributed by atoms with Crippen LogP contribution in [0, 0.1) is 0 Å². The molecular formula is C25H21Cl2N3O3. The van der Waals surface area contributed by atoms with Gasteiger partial charge in [-0.15, -0.1) is 0 Å². The van der Waals surface area contributed by atoms with E-state index < -0.39 is 5.79 Å². The Labute approximate surface area is 201 Å². The number of urea groups is 1. The van der Waals surface area contributed by atoms with Gasteiger partial charge in [0.1, 0.15) is 0 Å². The standard InChI is InChI=1S/C25H21Cl2N3O3/c1-25(2)32-21-12-11-19(13-22(21)33-25)28-24(31)30-14-20(15-3-7-17(26)8-4-15)23(29-30)16-5-9-18(27)10-6-16/h3-13,20H,14H2,1-2H3,(H,28,31). The minimum Gasteiger partial charge on any atom is -0.449 e. The van der Waals surface area contributed by atoms with Crippen molar-refractivity contribution in [3.05, 3.63) is 87.9 Å². The molecule has 3 aromatic carbocycles. The molecule has 2 heterocycles. The summed E-state index contributed by atoms with van der Waals surface area (Å²) < 4.78 is 11.5. The number of nitrogens with zero attached hydrogens (tertiary/aromatic N) is 2. The number of ether oxygens (including phenoxy) is 2. The Kier molecular flexibility index (Phi) is 5.43. The van der Waals surface area contributed by atoms with E-state index in [1.807, 2.05) is 62.4 Å². The minimum atomic E-state index is -0.733. The van der Waals surface area contributed by atoms with E-state index in [2.05, 4.69) is 10.4 Å². The third kappa shape index (κ3) is 4.49. The number of fused-ring (bicyclic) bond motifs is 1. The van der Waals surface area contributed by atoms with Crippen LogP contribution >= 0.6 is 23.2 Å². The van der Waals surface area contributed by atoms with Crippen molar-refractivity contribution in [3.8, 4) is 11.5 Å². The Balaban J connectivity index is 1.40. The molecule has 0 saturated carbocycles. The lowest BCUT2D eigenvalue weighted by Crippen LogP contribution is -2.30. The summed E-state index contributed by atoms with van der Waals surface area (Å²) in [5.41, 5.74) is 3.31. The molecule has 0 saturated heterocycles. The van der Waals surface area contributed by atoms with Gasteiger partial charge in [-0.1, -0.05) is 47.5 Å². The van der Waals surface area contributed by atoms with Crippen molar-refractivity contribution in [2.24, 2.45) is 5.10 Å². The number of halogens is 2. The summed E-state index contributed by atoms with van der Waals surface area (Å²) in [6.45, 7) is 4.06. The van der Waals surface area contributed by atoms with Crippen molar-refractivity contribution in [1.82, 2.24) is 5.01 Å². The van der Waals surface area contributed by atoms with E-state index >= 15 is 0 Å². The van der Waals surface area contributed by atoms with Crippen LogP contribution < -0.4 is 14.8 Å². The summed E-state index contributed by atoms with van der Waals surface area (Å²) >= 11 is 12.1. The Morgan fingerprint density at radius 3 is 2.30 bits per heavy atom. The topological polar surface area (TPSA) is 63.2 Å². The Morgan fingerprint density at radius 2 is 1.61 bits per heavy atom. The fourth-order valence-electron chi connectivity index (χ4n) is 3.95. The number of anilines is 1. The zero-order chi connectivity index (χ0) is 23.2. The van der Waals surface area contributed by atoms with Crippen LogP contribution in [-0.2, 0) is 0 Å². The number of carbonyl (C=O) groups excluding carboxylic acids is 1. The van der Waals surface area contributed by atoms with Gasteiger partial charge in [0.2, 0.25) is 5.79 Å². The summed E-state index contributed by atoms with van der Waals surface area (Å²) in [5, 5.41) is 10.3. The highest BCUT2D eigenvalue weighted by molar-refractivity contribution is 6.31. The maximum atomic E-state index is 13.1. The van der Waals surface area contributed by atoms with Gasteiger partial charge in [0, 0.05) is 41.6 Å². The van der Waals surface area contributed by atoms with Crippen LogP contribution in [0.4, 0.5) is 10.5 Å². The van der Waals surface area contributed by atoms with Crippen LogP contribution in [0.1, 0.15) is 30.9 Å². The monoisotopic (exact) mass is 481 g/mol. The molecule has 2 amide bonds. The average Bonchev–Trinajstić information content (AvgIpc) is 3.34. The molecule has 168 valence electrons. The number of benzene rings is 3. The van der Waals surface area contributed by atoms with Crippen molar-refractivity contribution >= 4 is 40.6 Å². The van der Waals surface area contributed by atoms with Gasteiger partial charge in [0.05, 0.1) is 12.3 Å². The van der Waals surface area contributed by atoms with E-state index in [-0.39, 0.29) is 11.9 Å². The van der Waals surface area contributed by atoms with Gasteiger partial charge in [-0.05, 0) is 47.5 Å². The lowest BCUT2D eigenvalue weighted by Gasteiger charge is -2.16. The Morgan fingerprint density at radius 1 is 0.970 bits per heavy atom. The zero-order valence-corrected chi connectivity index (χ0v) is 19.5. The zero-order valence-electron chi connectivity index (χ0n) is 18.0. The second-order valence-corrected chi connectivity index (χ2v) is 9.25. The molecule has 0 spiro atoms. The number of hydrazone groups is 1. The first-order valence-corrected chi connectivity index (χ1v) is 11.2. The molecule has 3 aromatic rings. The molecule has 2 aliphatic rings. The minimum absolute atomic E-state index is 0.105. The van der Waals surface area contributed by atoms with E-state index in [9.17, 15) is 4.79 Å². The van der Waals surface area contributed by atoms with E-state index in [1.54, 1.807) is 18.2 Å². The Hall–Kier alpha value is -3.22. The van der Waals surface area contributed by atoms with Gasteiger partial charge < -0.3 is 14.8 Å². The molecule has 0 radical (unpaired) electrons. The van der Waals surface area contributed by atoms with E-state index in [1.165, 1.54) is 5.01 Å². The predicted octanol–water partition coefficient (Wildman–Crippen LogP) is 6.54. The molecule has 0 aliphatic carbocycles. The second kappa shape index (κ2) is 8.28. The van der Waals surface area contributed by atoms with E-state index in [0.29, 0.717) is 33.8 Å². The van der Waals surface area contributed by atoms with Crippen LogP contribution in [0.25, 0.3) is 0 Å². The number of hydrogen-bond acceptors (Lipinski definition) is 4. The smallest absolute Gasteiger partial charge is 0.342 e. The largest absolute Gasteiger partial charge is 0.449 e. The number of hydrogen-bond donors (Lipinski definition) is 1. The average molecular weight is 482 g/mol. The highest BCUT2D eigenvalue weighted by Gasteiger charge is 2.34. The summed E-state index contributed by atoms with van der Waals surface area (Å²) in [7, 11) is 0. The predicted molar refractivity (Wildman–Crippen MR) is 130 cm³/mol. The van der Waals surface area contributed by atoms with Gasteiger partial charge in [0.15, 0.2) is 11.5 Å². The number of rotatable bonds is 3. The molecular weight excluding hydrogens is 461 g/mol. The third-order valence-corrected chi connectivity index (χ3v) is 5.97. The van der Waals surface area contributed by atoms with Crippen LogP contribution in [0.2, 0.25) is 10.0 Å². The van der Waals surface area contributed by atoms with E-state index in [0.717, 1.165) is 16.8 Å². The highest BCUT2D eigenvalue weighted by atomic mass is 35.5. The quantitative estimate of drug-likeness (QED) is 0.461. The van der Waals surface area contributed by atoms with Crippen molar-refractivity contribution in [2.75, 3.05) is 11.9 Å². The van der Waals surface area contributed by atoms with Crippen LogP contribution in [-0.4, -0.2) is 29.1 Å². The van der Waals surface area contributed by atoms with Gasteiger partial charge in [-0.25, -0.2) is 9.80 Å². The van der Waals surface area contributed by atoms with Crippen molar-refractivity contribution < 1.29 is 14.3 Å². The summed E-state index contributed by atoms with van der Waals surface area (Å²) in [6, 6.07) is 20.0. The Bertz CT molecular complexity index is 1240. The maximum Gasteiger partial charge on any atom is 0.342 e. The van der Waals surface area contributed by atoms with Crippen molar-refractivity contribution in [3.63, 3.8) is 0 Å². The molecule has 1 atom stereocenters. The molecule has 2 aliphatic heterocycles. The first-order valence-electron chi connectivity index (χ1n) is 10.5. The summed E-state index contributed by atoms with van der Waals surface area (Å²) in [5.74, 6) is 0.393. The first-order chi connectivity index (χ1) is 15.8. The van der Waals surface area contributed by atoms with Crippen molar-refractivity contribution in [2.45, 2.75) is 25.6 Å². The van der Waals surface area contributed by atoms with Gasteiger partial charge in [-0.2, -0.15) is 5.10 Å². The molecule has 33 heavy (non-hydrogen) atoms. The molecule has 0 bridgehead atoms. The lowest BCUT2D eigenvalue weighted by atomic mass is 9.91. The lowest BCUT2D eigenvalue weighted by molar-refractivity contribution is -0.0431. The number of nitrogens with one attached hydrogen (secondary N) is 1. The molecule has 8 heteroatoms. The van der Waals surface area contributed by atoms with Gasteiger partial charge in [-0.3, -0.25) is 0 Å². The van der Waals surface area contributed by atoms with Crippen LogP contribution in [0.5, 0.6) is 11.5 Å². The fraction of sp³-hybridized carbons (Fsp3) is 0.200. The second-order valence-electron chi connectivity index (χ2n) is 8.37. The van der Waals surface area contributed by atoms with Gasteiger partial charge in [0.25, 0.3) is 0 Å². The van der Waals surface area contributed by atoms with Crippen molar-refractivity contribution in [1.29, 1.82) is 0 Å². The molecule has 6 nitrogen and oxygen atoms in total. The molecule has 5 rings (SSSR count). The van der Waals surface area contributed by atoms with E-state index in [4.69, 9.17) is 32.7 Å². The maximum absolute atomic E-state index is 13.1. The molecule has 1 N–H and O–H groups in total. The van der Waals surface area contributed by atoms with Crippen LogP contribution in [0.3, 0.4) is 0 Å². The summed E-state index contributed by atoms with van der Waals surface area (Å²) in [4.78, 5) is 13.1. The third-order valence-electron chi connectivity index (χ3n) is 5.47. The molecule has 0 aromatic heterocycles. The highest BCUT2D eigenvalue weighted by Crippen LogP contribution is 2.41. The SMILES string of the molecule is CC1(C)Oc2ccc(NC(=O)N3CC(c4ccc(Cl)cc4)C(c4ccc(Cl)cc4)=N3)cc2O1.